The van der Waals surface area contributed by atoms with Gasteiger partial charge in [-0.3, -0.25) is 4.79 Å². The van der Waals surface area contributed by atoms with Gasteiger partial charge in [0.05, 0.1) is 18.9 Å². The summed E-state index contributed by atoms with van der Waals surface area (Å²) < 4.78 is 12.4. The SMILES string of the molecule is COc1cc(C=NNC(=O)c2cc3ccccc3cc2O)c(Br)cc1OCc1cccc2ccccc12. The third-order valence-corrected chi connectivity index (χ3v) is 6.71. The molecule has 0 unspecified atom stereocenters. The van der Waals surface area contributed by atoms with Crippen LogP contribution in [0.4, 0.5) is 0 Å². The van der Waals surface area contributed by atoms with Crippen LogP contribution in [0.3, 0.4) is 0 Å². The summed E-state index contributed by atoms with van der Waals surface area (Å²) >= 11 is 3.55. The fourth-order valence-corrected chi connectivity index (χ4v) is 4.55. The fraction of sp³-hybridized carbons (Fsp3) is 0.0667. The van der Waals surface area contributed by atoms with E-state index in [1.165, 1.54) is 6.21 Å². The number of hydrazone groups is 1. The van der Waals surface area contributed by atoms with Gasteiger partial charge >= 0.3 is 0 Å². The fourth-order valence-electron chi connectivity index (χ4n) is 4.13. The van der Waals surface area contributed by atoms with Gasteiger partial charge < -0.3 is 14.6 Å². The van der Waals surface area contributed by atoms with Gasteiger partial charge in [-0.2, -0.15) is 5.10 Å². The number of methoxy groups -OCH3 is 1. The van der Waals surface area contributed by atoms with Crippen LogP contribution in [0.2, 0.25) is 0 Å². The van der Waals surface area contributed by atoms with Crippen LogP contribution >= 0.6 is 15.9 Å². The van der Waals surface area contributed by atoms with Gasteiger partial charge in [-0.05, 0) is 67.3 Å². The third-order valence-electron chi connectivity index (χ3n) is 6.02. The Balaban J connectivity index is 1.31. The van der Waals surface area contributed by atoms with Crippen LogP contribution in [-0.4, -0.2) is 24.3 Å². The largest absolute Gasteiger partial charge is 0.507 e. The van der Waals surface area contributed by atoms with E-state index in [1.54, 1.807) is 25.3 Å². The number of amides is 1. The van der Waals surface area contributed by atoms with Gasteiger partial charge in [-0.1, -0.05) is 66.7 Å². The van der Waals surface area contributed by atoms with E-state index in [-0.39, 0.29) is 11.3 Å². The Kier molecular flexibility index (Phi) is 7.05. The van der Waals surface area contributed by atoms with Gasteiger partial charge in [0.1, 0.15) is 12.4 Å². The first-order valence-electron chi connectivity index (χ1n) is 11.6. The van der Waals surface area contributed by atoms with Crippen molar-refractivity contribution in [2.75, 3.05) is 7.11 Å². The quantitative estimate of drug-likeness (QED) is 0.171. The molecule has 37 heavy (non-hydrogen) atoms. The van der Waals surface area contributed by atoms with Crippen molar-refractivity contribution in [1.29, 1.82) is 0 Å². The maximum atomic E-state index is 12.6. The molecule has 0 spiro atoms. The normalized spacial score (nSPS) is 11.2. The zero-order valence-corrected chi connectivity index (χ0v) is 21.5. The highest BCUT2D eigenvalue weighted by molar-refractivity contribution is 9.10. The molecule has 0 saturated heterocycles. The average molecular weight is 555 g/mol. The van der Waals surface area contributed by atoms with E-state index in [4.69, 9.17) is 9.47 Å². The molecule has 5 aromatic rings. The number of hydrogen-bond acceptors (Lipinski definition) is 5. The molecule has 0 aromatic heterocycles. The molecule has 6 nitrogen and oxygen atoms in total. The smallest absolute Gasteiger partial charge is 0.275 e. The van der Waals surface area contributed by atoms with E-state index < -0.39 is 5.91 Å². The summed E-state index contributed by atoms with van der Waals surface area (Å²) in [6, 6.07) is 28.6. The Morgan fingerprint density at radius 2 is 1.62 bits per heavy atom. The Bertz CT molecular complexity index is 1640. The maximum absolute atomic E-state index is 12.6. The molecule has 5 rings (SSSR count). The van der Waals surface area contributed by atoms with E-state index in [1.807, 2.05) is 54.6 Å². The highest BCUT2D eigenvalue weighted by Crippen LogP contribution is 2.34. The summed E-state index contributed by atoms with van der Waals surface area (Å²) in [5, 5.41) is 18.3. The number of benzene rings is 5. The molecule has 7 heteroatoms. The summed E-state index contributed by atoms with van der Waals surface area (Å²) in [5.74, 6) is 0.479. The van der Waals surface area contributed by atoms with E-state index in [2.05, 4.69) is 44.7 Å². The molecule has 184 valence electrons. The Labute approximate surface area is 222 Å². The Morgan fingerprint density at radius 3 is 2.41 bits per heavy atom. The predicted octanol–water partition coefficient (Wildman–Crippen LogP) is 6.81. The molecule has 5 aromatic carbocycles. The number of rotatable bonds is 7. The van der Waals surface area contributed by atoms with Crippen molar-refractivity contribution in [2.45, 2.75) is 6.61 Å². The number of carbonyl (C=O) groups is 1. The monoisotopic (exact) mass is 554 g/mol. The van der Waals surface area contributed by atoms with Crippen molar-refractivity contribution in [2.24, 2.45) is 5.10 Å². The lowest BCUT2D eigenvalue weighted by Gasteiger charge is -2.14. The summed E-state index contributed by atoms with van der Waals surface area (Å²) in [6.45, 7) is 0.378. The first-order chi connectivity index (χ1) is 18.0. The van der Waals surface area contributed by atoms with E-state index in [9.17, 15) is 9.90 Å². The van der Waals surface area contributed by atoms with Crippen molar-refractivity contribution in [3.63, 3.8) is 0 Å². The second-order valence-electron chi connectivity index (χ2n) is 8.37. The number of phenols is 1. The minimum Gasteiger partial charge on any atom is -0.507 e. The van der Waals surface area contributed by atoms with Crippen LogP contribution in [0.15, 0.2) is 101 Å². The Morgan fingerprint density at radius 1 is 0.919 bits per heavy atom. The lowest BCUT2D eigenvalue weighted by Crippen LogP contribution is -2.17. The van der Waals surface area contributed by atoms with E-state index in [0.717, 1.165) is 27.1 Å². The van der Waals surface area contributed by atoms with E-state index in [0.29, 0.717) is 28.1 Å². The van der Waals surface area contributed by atoms with Crippen molar-refractivity contribution in [1.82, 2.24) is 5.43 Å². The molecule has 2 N–H and O–H groups in total. The molecule has 0 radical (unpaired) electrons. The second kappa shape index (κ2) is 10.7. The van der Waals surface area contributed by atoms with Gasteiger partial charge in [0, 0.05) is 10.0 Å². The molecule has 0 aliphatic carbocycles. The number of carbonyl (C=O) groups excluding carboxylic acids is 1. The number of hydrogen-bond donors (Lipinski definition) is 2. The number of nitrogens with zero attached hydrogens (tertiary/aromatic N) is 1. The molecular weight excluding hydrogens is 532 g/mol. The standard InChI is InChI=1S/C30H23BrN2O4/c1-36-28-15-23(17-32-33-30(35)25-13-20-8-2-3-9-21(20)14-27(25)34)26(31)16-29(28)37-18-22-11-6-10-19-7-4-5-12-24(19)22/h2-17,34H,18H2,1H3,(H,33,35). The molecule has 1 amide bonds. The maximum Gasteiger partial charge on any atom is 0.275 e. The van der Waals surface area contributed by atoms with Crippen molar-refractivity contribution < 1.29 is 19.4 Å². The van der Waals surface area contributed by atoms with Crippen LogP contribution in [-0.2, 0) is 6.61 Å². The van der Waals surface area contributed by atoms with Crippen molar-refractivity contribution in [3.05, 3.63) is 112 Å². The second-order valence-corrected chi connectivity index (χ2v) is 9.22. The number of halogens is 1. The number of fused-ring (bicyclic) bond motifs is 2. The molecule has 0 atom stereocenters. The highest BCUT2D eigenvalue weighted by atomic mass is 79.9. The number of nitrogens with one attached hydrogen (secondary N) is 1. The molecule has 0 heterocycles. The van der Waals surface area contributed by atoms with Crippen LogP contribution in [0.25, 0.3) is 21.5 Å². The van der Waals surface area contributed by atoms with Gasteiger partial charge in [0.25, 0.3) is 5.91 Å². The lowest BCUT2D eigenvalue weighted by molar-refractivity contribution is 0.0952. The topological polar surface area (TPSA) is 80.2 Å². The number of aromatic hydroxyl groups is 1. The molecule has 0 bridgehead atoms. The van der Waals surface area contributed by atoms with Gasteiger partial charge in [0.15, 0.2) is 11.5 Å². The molecule has 0 aliphatic heterocycles. The van der Waals surface area contributed by atoms with Gasteiger partial charge in [0.2, 0.25) is 0 Å². The van der Waals surface area contributed by atoms with Gasteiger partial charge in [-0.15, -0.1) is 0 Å². The minimum absolute atomic E-state index is 0.109. The third kappa shape index (κ3) is 5.27. The van der Waals surface area contributed by atoms with Crippen LogP contribution in [0.5, 0.6) is 17.2 Å². The van der Waals surface area contributed by atoms with Gasteiger partial charge in [-0.25, -0.2) is 5.43 Å². The summed E-state index contributed by atoms with van der Waals surface area (Å²) in [6.07, 6.45) is 1.50. The first-order valence-corrected chi connectivity index (χ1v) is 12.3. The zero-order valence-electron chi connectivity index (χ0n) is 19.9. The first kappa shape index (κ1) is 24.3. The number of phenolic OH excluding ortho intramolecular Hbond substituents is 1. The summed E-state index contributed by atoms with van der Waals surface area (Å²) in [7, 11) is 1.57. The molecule has 0 fully saturated rings. The van der Waals surface area contributed by atoms with Crippen LogP contribution < -0.4 is 14.9 Å². The van der Waals surface area contributed by atoms with Crippen LogP contribution in [0.1, 0.15) is 21.5 Å². The summed E-state index contributed by atoms with van der Waals surface area (Å²) in [5.41, 5.74) is 4.37. The predicted molar refractivity (Wildman–Crippen MR) is 150 cm³/mol. The highest BCUT2D eigenvalue weighted by Gasteiger charge is 2.13. The van der Waals surface area contributed by atoms with Crippen molar-refractivity contribution >= 4 is 49.6 Å². The minimum atomic E-state index is -0.516. The number of ether oxygens (including phenoxy) is 2. The zero-order chi connectivity index (χ0) is 25.8. The Hall–Kier alpha value is -4.36. The average Bonchev–Trinajstić information content (AvgIpc) is 2.92. The van der Waals surface area contributed by atoms with E-state index >= 15 is 0 Å². The molecule has 0 saturated carbocycles. The molecular formula is C30H23BrN2O4. The lowest BCUT2D eigenvalue weighted by atomic mass is 10.1. The van der Waals surface area contributed by atoms with Crippen LogP contribution in [0, 0.1) is 0 Å². The summed E-state index contributed by atoms with van der Waals surface area (Å²) in [4.78, 5) is 12.6. The van der Waals surface area contributed by atoms with Crippen molar-refractivity contribution in [3.8, 4) is 17.2 Å². The molecule has 0 aliphatic rings.